The molecule has 1 atom stereocenters. The van der Waals surface area contributed by atoms with Crippen LogP contribution in [0.1, 0.15) is 69.3 Å². The Morgan fingerprint density at radius 3 is 2.38 bits per heavy atom. The second-order valence-electron chi connectivity index (χ2n) is 10.3. The number of alkyl carbamates (subject to hydrolysis) is 1. The molecule has 40 heavy (non-hydrogen) atoms. The van der Waals surface area contributed by atoms with E-state index in [2.05, 4.69) is 10.1 Å². The van der Waals surface area contributed by atoms with E-state index in [0.717, 1.165) is 36.7 Å². The number of rotatable bonds is 9. The summed E-state index contributed by atoms with van der Waals surface area (Å²) in [4.78, 5) is 40.7. The average Bonchev–Trinajstić information content (AvgIpc) is 2.94. The summed E-state index contributed by atoms with van der Waals surface area (Å²) in [7, 11) is 0. The lowest BCUT2D eigenvalue weighted by molar-refractivity contribution is -0.274. The van der Waals surface area contributed by atoms with E-state index in [9.17, 15) is 27.6 Å². The molecule has 3 rings (SSSR count). The van der Waals surface area contributed by atoms with Crippen molar-refractivity contribution in [3.8, 4) is 5.75 Å². The minimum absolute atomic E-state index is 0.0587. The standard InChI is InChI=1S/C28H32F4N2O5S/c1-5-6-7-8-23(35)19-13-22-24(14-20(19)29)40-16-21(33-26(37)39-27(2,3)4)25(36)34(22)15-17-9-11-18(12-10-17)38-28(30,31)32/h9-14,21H,5-8,15-16H2,1-4H3,(H,33,37)/t21-/m0/s1. The van der Waals surface area contributed by atoms with Gasteiger partial charge in [-0.2, -0.15) is 0 Å². The van der Waals surface area contributed by atoms with Crippen LogP contribution in [-0.4, -0.2) is 41.5 Å². The van der Waals surface area contributed by atoms with Gasteiger partial charge in [-0.05, 0) is 57.0 Å². The Morgan fingerprint density at radius 1 is 1.10 bits per heavy atom. The number of halogens is 4. The molecule has 0 aromatic heterocycles. The molecule has 2 amide bonds. The molecule has 0 spiro atoms. The molecule has 1 aliphatic rings. The molecule has 1 N–H and O–H groups in total. The van der Waals surface area contributed by atoms with Gasteiger partial charge in [-0.25, -0.2) is 9.18 Å². The monoisotopic (exact) mass is 584 g/mol. The van der Waals surface area contributed by atoms with Gasteiger partial charge in [-0.1, -0.05) is 31.9 Å². The zero-order chi connectivity index (χ0) is 29.7. The normalized spacial score (nSPS) is 15.8. The van der Waals surface area contributed by atoms with Crippen LogP contribution < -0.4 is 15.0 Å². The number of ether oxygens (including phenoxy) is 2. The molecule has 12 heteroatoms. The van der Waals surface area contributed by atoms with Gasteiger partial charge in [0.1, 0.15) is 23.2 Å². The lowest BCUT2D eigenvalue weighted by Gasteiger charge is -2.27. The smallest absolute Gasteiger partial charge is 0.444 e. The number of carbonyl (C=O) groups excluding carboxylic acids is 3. The first kappa shape index (κ1) is 31.3. The van der Waals surface area contributed by atoms with Crippen molar-refractivity contribution in [2.45, 2.75) is 82.8 Å². The van der Waals surface area contributed by atoms with Crippen molar-refractivity contribution in [1.82, 2.24) is 5.32 Å². The Bertz CT molecular complexity index is 1230. The summed E-state index contributed by atoms with van der Waals surface area (Å²) in [5, 5.41) is 2.56. The van der Waals surface area contributed by atoms with Crippen LogP contribution in [0.15, 0.2) is 41.3 Å². The number of Topliss-reactive ketones (excluding diaryl/α,β-unsaturated/α-hetero) is 1. The molecule has 0 aliphatic carbocycles. The van der Waals surface area contributed by atoms with Crippen LogP contribution in [0.2, 0.25) is 0 Å². The lowest BCUT2D eigenvalue weighted by Crippen LogP contribution is -2.50. The maximum absolute atomic E-state index is 15.1. The Hall–Kier alpha value is -3.28. The van der Waals surface area contributed by atoms with Crippen molar-refractivity contribution in [1.29, 1.82) is 0 Å². The largest absolute Gasteiger partial charge is 0.573 e. The number of nitrogens with one attached hydrogen (secondary N) is 1. The summed E-state index contributed by atoms with van der Waals surface area (Å²) >= 11 is 1.13. The van der Waals surface area contributed by atoms with Gasteiger partial charge in [-0.15, -0.1) is 24.9 Å². The number of unbranched alkanes of at least 4 members (excludes halogenated alkanes) is 2. The zero-order valence-electron chi connectivity index (χ0n) is 22.7. The number of fused-ring (bicyclic) bond motifs is 1. The second-order valence-corrected chi connectivity index (χ2v) is 11.4. The molecule has 0 radical (unpaired) electrons. The second kappa shape index (κ2) is 12.9. The first-order chi connectivity index (χ1) is 18.7. The number of thioether (sulfide) groups is 1. The first-order valence-electron chi connectivity index (χ1n) is 12.8. The Kier molecular flexibility index (Phi) is 10.1. The number of amides is 2. The van der Waals surface area contributed by atoms with E-state index >= 15 is 4.39 Å². The maximum atomic E-state index is 15.1. The molecule has 0 saturated heterocycles. The molecular formula is C28H32F4N2O5S. The number of alkyl halides is 3. The van der Waals surface area contributed by atoms with Crippen LogP contribution in [0, 0.1) is 5.82 Å². The SMILES string of the molecule is CCCCCC(=O)c1cc2c(cc1F)SC[C@H](NC(=O)OC(C)(C)C)C(=O)N2Cc1ccc(OC(F)(F)F)cc1. The maximum Gasteiger partial charge on any atom is 0.573 e. The van der Waals surface area contributed by atoms with Gasteiger partial charge in [0.15, 0.2) is 5.78 Å². The summed E-state index contributed by atoms with van der Waals surface area (Å²) in [5.74, 6) is -2.03. The number of hydrogen-bond donors (Lipinski definition) is 1. The number of carbonyl (C=O) groups is 3. The Labute approximate surface area is 234 Å². The van der Waals surface area contributed by atoms with Crippen molar-refractivity contribution < 1.29 is 41.4 Å². The Morgan fingerprint density at radius 2 is 1.77 bits per heavy atom. The van der Waals surface area contributed by atoms with E-state index in [1.165, 1.54) is 29.2 Å². The fourth-order valence-corrected chi connectivity index (χ4v) is 5.08. The van der Waals surface area contributed by atoms with E-state index in [4.69, 9.17) is 4.74 Å². The summed E-state index contributed by atoms with van der Waals surface area (Å²) < 4.78 is 62.0. The number of benzene rings is 2. The third-order valence-corrected chi connectivity index (χ3v) is 6.94. The van der Waals surface area contributed by atoms with E-state index in [1.807, 2.05) is 6.92 Å². The molecule has 1 aliphatic heterocycles. The molecule has 1 heterocycles. The molecular weight excluding hydrogens is 552 g/mol. The van der Waals surface area contributed by atoms with Crippen molar-refractivity contribution in [2.24, 2.45) is 0 Å². The summed E-state index contributed by atoms with van der Waals surface area (Å²) in [5.41, 5.74) is -0.263. The van der Waals surface area contributed by atoms with Gasteiger partial charge >= 0.3 is 12.5 Å². The molecule has 0 saturated carbocycles. The third-order valence-electron chi connectivity index (χ3n) is 5.81. The minimum Gasteiger partial charge on any atom is -0.444 e. The van der Waals surface area contributed by atoms with Crippen LogP contribution in [-0.2, 0) is 16.1 Å². The fourth-order valence-electron chi connectivity index (χ4n) is 4.00. The molecule has 218 valence electrons. The number of hydrogen-bond acceptors (Lipinski definition) is 6. The topological polar surface area (TPSA) is 84.9 Å². The van der Waals surface area contributed by atoms with Crippen LogP contribution >= 0.6 is 11.8 Å². The van der Waals surface area contributed by atoms with Gasteiger partial charge in [0.25, 0.3) is 5.91 Å². The predicted octanol–water partition coefficient (Wildman–Crippen LogP) is 7.02. The van der Waals surface area contributed by atoms with Crippen molar-refractivity contribution in [3.63, 3.8) is 0 Å². The molecule has 2 aromatic rings. The first-order valence-corrected chi connectivity index (χ1v) is 13.8. The van der Waals surface area contributed by atoms with Crippen LogP contribution in [0.25, 0.3) is 0 Å². The molecule has 0 unspecified atom stereocenters. The van der Waals surface area contributed by atoms with E-state index in [1.54, 1.807) is 20.8 Å². The van der Waals surface area contributed by atoms with Crippen LogP contribution in [0.5, 0.6) is 5.75 Å². The zero-order valence-corrected chi connectivity index (χ0v) is 23.5. The summed E-state index contributed by atoms with van der Waals surface area (Å²) in [6, 6.07) is 6.43. The molecule has 0 fully saturated rings. The van der Waals surface area contributed by atoms with Crippen LogP contribution in [0.4, 0.5) is 28.0 Å². The fraction of sp³-hybridized carbons (Fsp3) is 0.464. The lowest BCUT2D eigenvalue weighted by atomic mass is 10.0. The highest BCUT2D eigenvalue weighted by Crippen LogP contribution is 2.38. The highest BCUT2D eigenvalue weighted by atomic mass is 32.2. The van der Waals surface area contributed by atoms with Gasteiger partial charge < -0.3 is 19.7 Å². The van der Waals surface area contributed by atoms with Gasteiger partial charge in [0, 0.05) is 17.1 Å². The van der Waals surface area contributed by atoms with E-state index in [-0.39, 0.29) is 30.0 Å². The van der Waals surface area contributed by atoms with Crippen molar-refractivity contribution in [2.75, 3.05) is 10.7 Å². The van der Waals surface area contributed by atoms with Gasteiger partial charge in [0.2, 0.25) is 0 Å². The highest BCUT2D eigenvalue weighted by Gasteiger charge is 2.35. The number of anilines is 1. The number of nitrogens with zero attached hydrogens (tertiary/aromatic N) is 1. The molecule has 0 bridgehead atoms. The minimum atomic E-state index is -4.86. The summed E-state index contributed by atoms with van der Waals surface area (Å²) in [6.07, 6.45) is -3.24. The molecule has 2 aromatic carbocycles. The third kappa shape index (κ3) is 8.87. The predicted molar refractivity (Wildman–Crippen MR) is 143 cm³/mol. The Balaban J connectivity index is 1.97. The quantitative estimate of drug-likeness (QED) is 0.194. The van der Waals surface area contributed by atoms with E-state index in [0.29, 0.717) is 16.9 Å². The highest BCUT2D eigenvalue weighted by molar-refractivity contribution is 7.99. The van der Waals surface area contributed by atoms with Crippen molar-refractivity contribution >= 4 is 35.2 Å². The number of ketones is 1. The average molecular weight is 585 g/mol. The van der Waals surface area contributed by atoms with Crippen LogP contribution in [0.3, 0.4) is 0 Å². The van der Waals surface area contributed by atoms with Gasteiger partial charge in [-0.3, -0.25) is 9.59 Å². The summed E-state index contributed by atoms with van der Waals surface area (Å²) in [6.45, 7) is 6.88. The van der Waals surface area contributed by atoms with Crippen molar-refractivity contribution in [3.05, 3.63) is 53.3 Å². The van der Waals surface area contributed by atoms with E-state index < -0.39 is 47.4 Å². The molecule has 7 nitrogen and oxygen atoms in total. The van der Waals surface area contributed by atoms with Gasteiger partial charge in [0.05, 0.1) is 17.8 Å².